The second-order valence-corrected chi connectivity index (χ2v) is 7.93. The molecule has 0 unspecified atom stereocenters. The summed E-state index contributed by atoms with van der Waals surface area (Å²) < 4.78 is 11.8. The fourth-order valence-electron chi connectivity index (χ4n) is 3.35. The molecule has 5 rings (SSSR count). The van der Waals surface area contributed by atoms with E-state index in [2.05, 4.69) is 25.6 Å². The number of nitrogens with zero attached hydrogens (tertiary/aromatic N) is 3. The van der Waals surface area contributed by atoms with Crippen molar-refractivity contribution in [3.8, 4) is 11.6 Å². The molecule has 150 valence electrons. The third-order valence-corrected chi connectivity index (χ3v) is 5.42. The first kappa shape index (κ1) is 18.4. The molecule has 29 heavy (non-hydrogen) atoms. The Morgan fingerprint density at radius 2 is 2.07 bits per heavy atom. The van der Waals surface area contributed by atoms with Crippen LogP contribution in [-0.4, -0.2) is 40.8 Å². The number of halogens is 1. The first-order valence-corrected chi connectivity index (χ1v) is 10.3. The zero-order valence-electron chi connectivity index (χ0n) is 15.9. The van der Waals surface area contributed by atoms with E-state index in [1.54, 1.807) is 12.3 Å². The molecule has 1 saturated heterocycles. The maximum absolute atomic E-state index is 6.35. The van der Waals surface area contributed by atoms with Gasteiger partial charge in [-0.25, -0.2) is 15.0 Å². The summed E-state index contributed by atoms with van der Waals surface area (Å²) in [4.78, 5) is 13.1. The van der Waals surface area contributed by atoms with E-state index in [0.29, 0.717) is 29.2 Å². The second kappa shape index (κ2) is 8.00. The smallest absolute Gasteiger partial charge is 0.232 e. The van der Waals surface area contributed by atoms with Crippen LogP contribution in [0.5, 0.6) is 11.6 Å². The Hall–Kier alpha value is -2.64. The molecule has 1 aliphatic carbocycles. The Bertz CT molecular complexity index is 1020. The molecule has 2 N–H and O–H groups in total. The summed E-state index contributed by atoms with van der Waals surface area (Å²) in [5.41, 5.74) is 1.57. The van der Waals surface area contributed by atoms with Crippen molar-refractivity contribution in [2.75, 3.05) is 25.0 Å². The van der Waals surface area contributed by atoms with Crippen LogP contribution in [0.1, 0.15) is 19.3 Å². The lowest BCUT2D eigenvalue weighted by Crippen LogP contribution is -2.19. The lowest BCUT2D eigenvalue weighted by atomic mass is 10.2. The highest BCUT2D eigenvalue weighted by molar-refractivity contribution is 6.32. The van der Waals surface area contributed by atoms with Gasteiger partial charge in [0.05, 0.1) is 24.0 Å². The van der Waals surface area contributed by atoms with Crippen molar-refractivity contribution >= 4 is 34.0 Å². The van der Waals surface area contributed by atoms with E-state index >= 15 is 0 Å². The molecule has 2 fully saturated rings. The van der Waals surface area contributed by atoms with E-state index in [0.717, 1.165) is 41.9 Å². The zero-order chi connectivity index (χ0) is 19.6. The number of fused-ring (bicyclic) bond motifs is 1. The summed E-state index contributed by atoms with van der Waals surface area (Å²) in [6.45, 7) is 2.53. The number of benzene rings is 1. The van der Waals surface area contributed by atoms with E-state index in [-0.39, 0.29) is 6.10 Å². The number of hydrogen-bond donors (Lipinski definition) is 2. The fourth-order valence-corrected chi connectivity index (χ4v) is 3.57. The quantitative estimate of drug-likeness (QED) is 0.609. The number of aromatic nitrogens is 3. The van der Waals surface area contributed by atoms with Gasteiger partial charge in [-0.2, -0.15) is 0 Å². The number of rotatable bonds is 7. The minimum absolute atomic E-state index is 0.194. The monoisotopic (exact) mass is 411 g/mol. The van der Waals surface area contributed by atoms with Crippen LogP contribution in [0.25, 0.3) is 10.9 Å². The average Bonchev–Trinajstić information content (AvgIpc) is 3.42. The summed E-state index contributed by atoms with van der Waals surface area (Å²) >= 11 is 6.35. The average molecular weight is 412 g/mol. The van der Waals surface area contributed by atoms with Gasteiger partial charge >= 0.3 is 0 Å². The molecule has 0 radical (unpaired) electrons. The molecule has 0 bridgehead atoms. The van der Waals surface area contributed by atoms with Crippen molar-refractivity contribution in [1.82, 2.24) is 20.3 Å². The number of pyridine rings is 1. The molecule has 3 heterocycles. The molecule has 7 nitrogen and oxygen atoms in total. The molecule has 0 amide bonds. The van der Waals surface area contributed by atoms with Crippen LogP contribution in [0.3, 0.4) is 0 Å². The summed E-state index contributed by atoms with van der Waals surface area (Å²) in [6.07, 6.45) is 6.89. The van der Waals surface area contributed by atoms with Gasteiger partial charge in [-0.3, -0.25) is 0 Å². The summed E-state index contributed by atoms with van der Waals surface area (Å²) in [5, 5.41) is 7.96. The molecule has 2 aromatic heterocycles. The SMILES string of the molecule is Clc1cc(Nc2ncnc3ccc(O[C@H]4CCNC4)cc23)cnc1OCC1CC1. The topological polar surface area (TPSA) is 81.2 Å². The highest BCUT2D eigenvalue weighted by atomic mass is 35.5. The van der Waals surface area contributed by atoms with Crippen molar-refractivity contribution in [3.05, 3.63) is 41.8 Å². The van der Waals surface area contributed by atoms with Crippen LogP contribution < -0.4 is 20.1 Å². The van der Waals surface area contributed by atoms with Crippen molar-refractivity contribution in [1.29, 1.82) is 0 Å². The third kappa shape index (κ3) is 4.36. The van der Waals surface area contributed by atoms with E-state index in [9.17, 15) is 0 Å². The molecule has 3 aromatic rings. The van der Waals surface area contributed by atoms with Gasteiger partial charge < -0.3 is 20.1 Å². The first-order chi connectivity index (χ1) is 14.2. The van der Waals surface area contributed by atoms with Gasteiger partial charge in [-0.1, -0.05) is 11.6 Å². The van der Waals surface area contributed by atoms with Gasteiger partial charge in [0.1, 0.15) is 29.0 Å². The van der Waals surface area contributed by atoms with Gasteiger partial charge in [-0.15, -0.1) is 0 Å². The molecule has 1 aromatic carbocycles. The van der Waals surface area contributed by atoms with E-state index in [1.807, 2.05) is 18.2 Å². The summed E-state index contributed by atoms with van der Waals surface area (Å²) in [5.74, 6) is 2.60. The lowest BCUT2D eigenvalue weighted by molar-refractivity contribution is 0.223. The van der Waals surface area contributed by atoms with E-state index in [4.69, 9.17) is 21.1 Å². The van der Waals surface area contributed by atoms with Crippen molar-refractivity contribution < 1.29 is 9.47 Å². The van der Waals surface area contributed by atoms with Gasteiger partial charge in [0.2, 0.25) is 5.88 Å². The molecule has 1 atom stereocenters. The molecule has 1 saturated carbocycles. The minimum Gasteiger partial charge on any atom is -0.489 e. The number of hydrogen-bond acceptors (Lipinski definition) is 7. The number of nitrogens with one attached hydrogen (secondary N) is 2. The predicted octanol–water partition coefficient (Wildman–Crippen LogP) is 3.95. The fraction of sp³-hybridized carbons (Fsp3) is 0.381. The standard InChI is InChI=1S/C21H22ClN5O2/c22-18-7-14(9-24-21(18)28-11-13-1-2-13)27-20-17-8-15(29-16-5-6-23-10-16)3-4-19(17)25-12-26-20/h3-4,7-9,12-13,16,23H,1-2,5-6,10-11H2,(H,25,26,27)/t16-/m0/s1. The van der Waals surface area contributed by atoms with Crippen LogP contribution in [0.4, 0.5) is 11.5 Å². The molecule has 2 aliphatic rings. The largest absolute Gasteiger partial charge is 0.489 e. The van der Waals surface area contributed by atoms with Crippen LogP contribution in [0.15, 0.2) is 36.8 Å². The van der Waals surface area contributed by atoms with Crippen LogP contribution in [0.2, 0.25) is 5.02 Å². The van der Waals surface area contributed by atoms with E-state index < -0.39 is 0 Å². The van der Waals surface area contributed by atoms with Gasteiger partial charge in [0, 0.05) is 11.9 Å². The Kier molecular flexibility index (Phi) is 5.08. The van der Waals surface area contributed by atoms with Gasteiger partial charge in [0.15, 0.2) is 0 Å². The molecular weight excluding hydrogens is 390 g/mol. The second-order valence-electron chi connectivity index (χ2n) is 7.52. The maximum Gasteiger partial charge on any atom is 0.232 e. The highest BCUT2D eigenvalue weighted by Crippen LogP contribution is 2.33. The third-order valence-electron chi connectivity index (χ3n) is 5.15. The number of anilines is 2. The van der Waals surface area contributed by atoms with Crippen LogP contribution in [0, 0.1) is 5.92 Å². The highest BCUT2D eigenvalue weighted by Gasteiger charge is 2.22. The van der Waals surface area contributed by atoms with Crippen molar-refractivity contribution in [2.45, 2.75) is 25.4 Å². The Balaban J connectivity index is 1.36. The van der Waals surface area contributed by atoms with Crippen molar-refractivity contribution in [3.63, 3.8) is 0 Å². The minimum atomic E-state index is 0.194. The van der Waals surface area contributed by atoms with Gasteiger partial charge in [0.25, 0.3) is 0 Å². The lowest BCUT2D eigenvalue weighted by Gasteiger charge is -2.14. The predicted molar refractivity (Wildman–Crippen MR) is 112 cm³/mol. The Labute approximate surface area is 173 Å². The maximum atomic E-state index is 6.35. The Morgan fingerprint density at radius 1 is 1.14 bits per heavy atom. The first-order valence-electron chi connectivity index (χ1n) is 9.92. The summed E-state index contributed by atoms with van der Waals surface area (Å²) in [7, 11) is 0. The van der Waals surface area contributed by atoms with Crippen LogP contribution in [-0.2, 0) is 0 Å². The van der Waals surface area contributed by atoms with Crippen LogP contribution >= 0.6 is 11.6 Å². The number of ether oxygens (including phenoxy) is 2. The Morgan fingerprint density at radius 3 is 2.86 bits per heavy atom. The van der Waals surface area contributed by atoms with Gasteiger partial charge in [-0.05, 0) is 56.0 Å². The molecule has 0 spiro atoms. The normalized spacial score (nSPS) is 18.7. The van der Waals surface area contributed by atoms with E-state index in [1.165, 1.54) is 19.2 Å². The summed E-state index contributed by atoms with van der Waals surface area (Å²) in [6, 6.07) is 7.66. The van der Waals surface area contributed by atoms with Crippen molar-refractivity contribution in [2.24, 2.45) is 5.92 Å². The molecule has 1 aliphatic heterocycles. The zero-order valence-corrected chi connectivity index (χ0v) is 16.7. The molecular formula is C21H22ClN5O2. The molecule has 8 heteroatoms.